The second-order valence-corrected chi connectivity index (χ2v) is 7.09. The largest absolute Gasteiger partial charge is 0.325 e. The molecule has 3 rings (SSSR count). The average Bonchev–Trinajstić information content (AvgIpc) is 3.04. The molecular weight excluding hydrogens is 354 g/mol. The standard InChI is InChI=1S/C19H18ClN3OS/c1-13-6-7-17(14(2)10-13)22-18(24)12-25-19-21-8-9-23(19)16-5-3-4-15(20)11-16/h3-11H,12H2,1-2H3,(H,22,24). The third-order valence-corrected chi connectivity index (χ3v) is 4.88. The first-order chi connectivity index (χ1) is 12.0. The van der Waals surface area contributed by atoms with Crippen LogP contribution in [0.4, 0.5) is 5.69 Å². The smallest absolute Gasteiger partial charge is 0.234 e. The highest BCUT2D eigenvalue weighted by atomic mass is 35.5. The minimum absolute atomic E-state index is 0.0578. The summed E-state index contributed by atoms with van der Waals surface area (Å²) in [6.07, 6.45) is 3.57. The van der Waals surface area contributed by atoms with Crippen molar-refractivity contribution >= 4 is 35.0 Å². The SMILES string of the molecule is Cc1ccc(NC(=O)CSc2nccn2-c2cccc(Cl)c2)c(C)c1. The van der Waals surface area contributed by atoms with Crippen molar-refractivity contribution in [2.45, 2.75) is 19.0 Å². The summed E-state index contributed by atoms with van der Waals surface area (Å²) in [4.78, 5) is 16.6. The average molecular weight is 372 g/mol. The van der Waals surface area contributed by atoms with Gasteiger partial charge in [-0.05, 0) is 43.7 Å². The summed E-state index contributed by atoms with van der Waals surface area (Å²) >= 11 is 7.44. The first kappa shape index (κ1) is 17.6. The van der Waals surface area contributed by atoms with Gasteiger partial charge in [0.25, 0.3) is 0 Å². The number of hydrogen-bond acceptors (Lipinski definition) is 3. The molecule has 0 saturated carbocycles. The molecule has 3 aromatic rings. The molecular formula is C19H18ClN3OS. The fourth-order valence-electron chi connectivity index (χ4n) is 2.49. The van der Waals surface area contributed by atoms with E-state index >= 15 is 0 Å². The van der Waals surface area contributed by atoms with E-state index in [1.807, 2.05) is 61.0 Å². The van der Waals surface area contributed by atoms with Gasteiger partial charge < -0.3 is 5.32 Å². The zero-order chi connectivity index (χ0) is 17.8. The first-order valence-corrected chi connectivity index (χ1v) is 9.18. The van der Waals surface area contributed by atoms with Gasteiger partial charge in [-0.3, -0.25) is 9.36 Å². The van der Waals surface area contributed by atoms with E-state index in [0.717, 1.165) is 22.1 Å². The van der Waals surface area contributed by atoms with Crippen molar-refractivity contribution in [3.8, 4) is 5.69 Å². The van der Waals surface area contributed by atoms with Gasteiger partial charge in [-0.25, -0.2) is 4.98 Å². The number of hydrogen-bond donors (Lipinski definition) is 1. The number of imidazole rings is 1. The van der Waals surface area contributed by atoms with Crippen LogP contribution in [0, 0.1) is 13.8 Å². The first-order valence-electron chi connectivity index (χ1n) is 7.82. The number of aromatic nitrogens is 2. The minimum atomic E-state index is -0.0578. The molecule has 0 bridgehead atoms. The van der Waals surface area contributed by atoms with Crippen molar-refractivity contribution in [1.82, 2.24) is 9.55 Å². The maximum Gasteiger partial charge on any atom is 0.234 e. The van der Waals surface area contributed by atoms with Gasteiger partial charge >= 0.3 is 0 Å². The van der Waals surface area contributed by atoms with E-state index in [-0.39, 0.29) is 11.7 Å². The van der Waals surface area contributed by atoms with Crippen LogP contribution in [0.25, 0.3) is 5.69 Å². The van der Waals surface area contributed by atoms with Gasteiger partial charge in [0.05, 0.1) is 5.75 Å². The molecule has 128 valence electrons. The molecule has 0 atom stereocenters. The summed E-state index contributed by atoms with van der Waals surface area (Å²) in [5, 5.41) is 4.36. The van der Waals surface area contributed by atoms with Crippen LogP contribution in [-0.4, -0.2) is 21.2 Å². The normalized spacial score (nSPS) is 10.7. The van der Waals surface area contributed by atoms with Crippen molar-refractivity contribution in [3.05, 3.63) is 71.0 Å². The zero-order valence-corrected chi connectivity index (χ0v) is 15.6. The fraction of sp³-hybridized carbons (Fsp3) is 0.158. The van der Waals surface area contributed by atoms with Gasteiger partial charge in [-0.15, -0.1) is 0 Å². The molecule has 1 N–H and O–H groups in total. The number of amides is 1. The molecule has 0 spiro atoms. The summed E-state index contributed by atoms with van der Waals surface area (Å²) in [5.41, 5.74) is 3.99. The van der Waals surface area contributed by atoms with E-state index in [1.54, 1.807) is 6.20 Å². The Morgan fingerprint density at radius 2 is 2.08 bits per heavy atom. The molecule has 0 fully saturated rings. The van der Waals surface area contributed by atoms with Crippen LogP contribution in [-0.2, 0) is 4.79 Å². The molecule has 1 amide bonds. The molecule has 25 heavy (non-hydrogen) atoms. The number of rotatable bonds is 5. The number of nitrogens with zero attached hydrogens (tertiary/aromatic N) is 2. The Labute approximate surface area is 156 Å². The quantitative estimate of drug-likeness (QED) is 0.650. The number of benzene rings is 2. The minimum Gasteiger partial charge on any atom is -0.325 e. The van der Waals surface area contributed by atoms with Gasteiger partial charge in [-0.1, -0.05) is 47.1 Å². The Bertz CT molecular complexity index is 907. The van der Waals surface area contributed by atoms with Crippen molar-refractivity contribution in [2.75, 3.05) is 11.1 Å². The molecule has 0 unspecified atom stereocenters. The van der Waals surface area contributed by atoms with Gasteiger partial charge in [0.1, 0.15) is 0 Å². The predicted octanol–water partition coefficient (Wildman–Crippen LogP) is 4.87. The van der Waals surface area contributed by atoms with Crippen LogP contribution in [0.3, 0.4) is 0 Å². The van der Waals surface area contributed by atoms with Gasteiger partial charge in [0.15, 0.2) is 5.16 Å². The van der Waals surface area contributed by atoms with Crippen LogP contribution < -0.4 is 5.32 Å². The van der Waals surface area contributed by atoms with Crippen LogP contribution in [0.1, 0.15) is 11.1 Å². The monoisotopic (exact) mass is 371 g/mol. The van der Waals surface area contributed by atoms with Crippen molar-refractivity contribution in [1.29, 1.82) is 0 Å². The zero-order valence-electron chi connectivity index (χ0n) is 14.0. The lowest BCUT2D eigenvalue weighted by Crippen LogP contribution is -2.15. The lowest BCUT2D eigenvalue weighted by Gasteiger charge is -2.10. The third kappa shape index (κ3) is 4.44. The highest BCUT2D eigenvalue weighted by molar-refractivity contribution is 7.99. The van der Waals surface area contributed by atoms with Crippen molar-refractivity contribution in [2.24, 2.45) is 0 Å². The summed E-state index contributed by atoms with van der Waals surface area (Å²) < 4.78 is 1.92. The van der Waals surface area contributed by atoms with Crippen LogP contribution >= 0.6 is 23.4 Å². The van der Waals surface area contributed by atoms with Crippen LogP contribution in [0.5, 0.6) is 0 Å². The maximum atomic E-state index is 12.3. The van der Waals surface area contributed by atoms with E-state index < -0.39 is 0 Å². The van der Waals surface area contributed by atoms with E-state index in [2.05, 4.69) is 16.4 Å². The third-order valence-electron chi connectivity index (χ3n) is 3.68. The van der Waals surface area contributed by atoms with E-state index in [1.165, 1.54) is 17.3 Å². The number of carbonyl (C=O) groups is 1. The van der Waals surface area contributed by atoms with Gasteiger partial charge in [0.2, 0.25) is 5.91 Å². The molecule has 0 saturated heterocycles. The van der Waals surface area contributed by atoms with Crippen LogP contribution in [0.2, 0.25) is 5.02 Å². The number of nitrogens with one attached hydrogen (secondary N) is 1. The Kier molecular flexibility index (Phi) is 5.46. The maximum absolute atomic E-state index is 12.3. The Hall–Kier alpha value is -2.24. The summed E-state index contributed by atoms with van der Waals surface area (Å²) in [6, 6.07) is 13.5. The molecule has 0 aliphatic rings. The van der Waals surface area contributed by atoms with E-state index in [4.69, 9.17) is 11.6 Å². The predicted molar refractivity (Wildman–Crippen MR) is 104 cm³/mol. The number of anilines is 1. The number of aryl methyl sites for hydroxylation is 2. The molecule has 6 heteroatoms. The molecule has 1 aromatic heterocycles. The lowest BCUT2D eigenvalue weighted by atomic mass is 10.1. The summed E-state index contributed by atoms with van der Waals surface area (Å²) in [7, 11) is 0. The number of thioether (sulfide) groups is 1. The van der Waals surface area contributed by atoms with E-state index in [9.17, 15) is 4.79 Å². The Morgan fingerprint density at radius 3 is 2.84 bits per heavy atom. The molecule has 2 aromatic carbocycles. The molecule has 0 aliphatic heterocycles. The lowest BCUT2D eigenvalue weighted by molar-refractivity contribution is -0.113. The van der Waals surface area contributed by atoms with Crippen molar-refractivity contribution in [3.63, 3.8) is 0 Å². The van der Waals surface area contributed by atoms with Gasteiger partial charge in [0, 0.05) is 28.8 Å². The molecule has 4 nitrogen and oxygen atoms in total. The second-order valence-electron chi connectivity index (χ2n) is 5.71. The molecule has 0 radical (unpaired) electrons. The highest BCUT2D eigenvalue weighted by Crippen LogP contribution is 2.23. The Morgan fingerprint density at radius 1 is 1.24 bits per heavy atom. The van der Waals surface area contributed by atoms with E-state index in [0.29, 0.717) is 5.02 Å². The topological polar surface area (TPSA) is 46.9 Å². The van der Waals surface area contributed by atoms with Gasteiger partial charge in [-0.2, -0.15) is 0 Å². The second kappa shape index (κ2) is 7.76. The summed E-state index contributed by atoms with van der Waals surface area (Å²) in [6.45, 7) is 4.02. The van der Waals surface area contributed by atoms with Crippen molar-refractivity contribution < 1.29 is 4.79 Å². The van der Waals surface area contributed by atoms with Crippen LogP contribution in [0.15, 0.2) is 60.0 Å². The number of carbonyl (C=O) groups excluding carboxylic acids is 1. The highest BCUT2D eigenvalue weighted by Gasteiger charge is 2.10. The number of halogens is 1. The Balaban J connectivity index is 1.66. The fourth-order valence-corrected chi connectivity index (χ4v) is 3.45. The molecule has 0 aliphatic carbocycles. The molecule has 1 heterocycles. The summed E-state index contributed by atoms with van der Waals surface area (Å²) in [5.74, 6) is 0.225.